The van der Waals surface area contributed by atoms with Crippen LogP contribution in [0.1, 0.15) is 18.4 Å². The monoisotopic (exact) mass is 374 g/mol. The molecule has 25 heavy (non-hydrogen) atoms. The van der Waals surface area contributed by atoms with Gasteiger partial charge in [-0.25, -0.2) is 13.1 Å². The fourth-order valence-electron chi connectivity index (χ4n) is 3.43. The van der Waals surface area contributed by atoms with Gasteiger partial charge in [-0.2, -0.15) is 0 Å². The molecule has 1 N–H and O–H groups in total. The zero-order valence-electron chi connectivity index (χ0n) is 13.9. The van der Waals surface area contributed by atoms with Gasteiger partial charge < -0.3 is 4.57 Å². The minimum absolute atomic E-state index is 0.130. The number of fused-ring (bicyclic) bond motifs is 1. The third-order valence-electron chi connectivity index (χ3n) is 5.05. The molecule has 130 valence electrons. The molecule has 1 heterocycles. The highest BCUT2D eigenvalue weighted by atomic mass is 35.5. The maximum absolute atomic E-state index is 12.6. The van der Waals surface area contributed by atoms with Crippen molar-refractivity contribution in [2.75, 3.05) is 6.54 Å². The molecule has 1 aromatic heterocycles. The number of aromatic nitrogens is 1. The van der Waals surface area contributed by atoms with Gasteiger partial charge in [-0.3, -0.25) is 0 Å². The van der Waals surface area contributed by atoms with Crippen LogP contribution < -0.4 is 4.72 Å². The molecule has 0 spiro atoms. The molecule has 0 unspecified atom stereocenters. The highest BCUT2D eigenvalue weighted by Crippen LogP contribution is 2.50. The van der Waals surface area contributed by atoms with E-state index in [-0.39, 0.29) is 15.3 Å². The van der Waals surface area contributed by atoms with E-state index < -0.39 is 10.0 Å². The number of halogens is 1. The van der Waals surface area contributed by atoms with Crippen LogP contribution in [0.3, 0.4) is 0 Å². The van der Waals surface area contributed by atoms with E-state index in [2.05, 4.69) is 27.6 Å². The highest BCUT2D eigenvalue weighted by Gasteiger charge is 2.46. The Morgan fingerprint density at radius 1 is 1.12 bits per heavy atom. The average Bonchev–Trinajstić information content (AvgIpc) is 3.32. The Balaban J connectivity index is 1.64. The summed E-state index contributed by atoms with van der Waals surface area (Å²) in [6, 6.07) is 14.8. The molecule has 1 aliphatic carbocycles. The SMILES string of the molecule is Cn1cc(C2(CNS(=O)(=O)c3ccccc3Cl)CC2)c2ccccc21. The first-order valence-corrected chi connectivity index (χ1v) is 10.1. The zero-order valence-corrected chi connectivity index (χ0v) is 15.4. The quantitative estimate of drug-likeness (QED) is 0.737. The van der Waals surface area contributed by atoms with Gasteiger partial charge in [-0.05, 0) is 36.6 Å². The number of nitrogens with one attached hydrogen (secondary N) is 1. The summed E-state index contributed by atoms with van der Waals surface area (Å²) in [4.78, 5) is 0.130. The molecular formula is C19H19ClN2O2S. The fourth-order valence-corrected chi connectivity index (χ4v) is 5.07. The molecule has 1 aliphatic rings. The van der Waals surface area contributed by atoms with Crippen molar-refractivity contribution in [1.82, 2.24) is 9.29 Å². The normalized spacial score (nSPS) is 16.2. The first kappa shape index (κ1) is 16.6. The molecule has 1 saturated carbocycles. The Morgan fingerprint density at radius 2 is 1.80 bits per heavy atom. The lowest BCUT2D eigenvalue weighted by molar-refractivity contribution is 0.567. The molecule has 2 aromatic carbocycles. The fraction of sp³-hybridized carbons (Fsp3) is 0.263. The molecule has 0 radical (unpaired) electrons. The van der Waals surface area contributed by atoms with E-state index in [0.717, 1.165) is 18.4 Å². The second-order valence-electron chi connectivity index (χ2n) is 6.71. The predicted octanol–water partition coefficient (Wildman–Crippen LogP) is 3.84. The van der Waals surface area contributed by atoms with Gasteiger partial charge in [0.1, 0.15) is 4.90 Å². The van der Waals surface area contributed by atoms with Gasteiger partial charge in [0.2, 0.25) is 10.0 Å². The summed E-state index contributed by atoms with van der Waals surface area (Å²) >= 11 is 6.05. The predicted molar refractivity (Wildman–Crippen MR) is 100 cm³/mol. The molecule has 0 bridgehead atoms. The van der Waals surface area contributed by atoms with Crippen molar-refractivity contribution in [2.45, 2.75) is 23.2 Å². The first-order valence-electron chi connectivity index (χ1n) is 8.22. The summed E-state index contributed by atoms with van der Waals surface area (Å²) in [5.74, 6) is 0. The lowest BCUT2D eigenvalue weighted by atomic mass is 9.96. The van der Waals surface area contributed by atoms with Gasteiger partial charge in [0.05, 0.1) is 5.02 Å². The summed E-state index contributed by atoms with van der Waals surface area (Å²) in [6.07, 6.45) is 4.08. The van der Waals surface area contributed by atoms with E-state index in [0.29, 0.717) is 6.54 Å². The average molecular weight is 375 g/mol. The van der Waals surface area contributed by atoms with Gasteiger partial charge >= 0.3 is 0 Å². The van der Waals surface area contributed by atoms with Crippen molar-refractivity contribution >= 4 is 32.5 Å². The van der Waals surface area contributed by atoms with Crippen LogP contribution in [0.25, 0.3) is 10.9 Å². The Hall–Kier alpha value is -1.82. The first-order chi connectivity index (χ1) is 11.9. The van der Waals surface area contributed by atoms with Crippen LogP contribution in [0.2, 0.25) is 5.02 Å². The standard InChI is InChI=1S/C19H19ClN2O2S/c1-22-12-15(14-6-2-4-8-17(14)22)19(10-11-19)13-21-25(23,24)18-9-5-3-7-16(18)20/h2-9,12,21H,10-11,13H2,1H3. The molecule has 6 heteroatoms. The number of nitrogens with zero attached hydrogens (tertiary/aromatic N) is 1. The van der Waals surface area contributed by atoms with E-state index in [1.165, 1.54) is 17.0 Å². The van der Waals surface area contributed by atoms with Crippen molar-refractivity contribution < 1.29 is 8.42 Å². The third-order valence-corrected chi connectivity index (χ3v) is 6.95. The van der Waals surface area contributed by atoms with Crippen molar-refractivity contribution in [3.63, 3.8) is 0 Å². The largest absolute Gasteiger partial charge is 0.350 e. The van der Waals surface area contributed by atoms with Crippen LogP contribution in [-0.4, -0.2) is 19.5 Å². The Kier molecular flexibility index (Phi) is 3.90. The topological polar surface area (TPSA) is 51.1 Å². The molecule has 0 amide bonds. The summed E-state index contributed by atoms with van der Waals surface area (Å²) in [6.45, 7) is 0.383. The Morgan fingerprint density at radius 3 is 2.52 bits per heavy atom. The van der Waals surface area contributed by atoms with E-state index in [1.54, 1.807) is 18.2 Å². The summed E-state index contributed by atoms with van der Waals surface area (Å²) in [5.41, 5.74) is 2.25. The smallest absolute Gasteiger partial charge is 0.242 e. The van der Waals surface area contributed by atoms with Crippen LogP contribution >= 0.6 is 11.6 Å². The molecule has 3 aromatic rings. The van der Waals surface area contributed by atoms with Gasteiger partial charge in [-0.1, -0.05) is 41.9 Å². The minimum atomic E-state index is -3.63. The molecular weight excluding hydrogens is 356 g/mol. The number of rotatable bonds is 5. The van der Waals surface area contributed by atoms with Crippen molar-refractivity contribution in [3.05, 3.63) is 65.3 Å². The summed E-state index contributed by atoms with van der Waals surface area (Å²) in [7, 11) is -1.60. The Bertz CT molecular complexity index is 1050. The lowest BCUT2D eigenvalue weighted by Crippen LogP contribution is -2.32. The van der Waals surface area contributed by atoms with Crippen LogP contribution in [0.5, 0.6) is 0 Å². The zero-order chi connectivity index (χ0) is 17.7. The van der Waals surface area contributed by atoms with Crippen LogP contribution in [-0.2, 0) is 22.5 Å². The van der Waals surface area contributed by atoms with Crippen molar-refractivity contribution in [2.24, 2.45) is 7.05 Å². The third kappa shape index (κ3) is 2.86. The second kappa shape index (κ2) is 5.87. The van der Waals surface area contributed by atoms with E-state index in [1.807, 2.05) is 19.2 Å². The number of sulfonamides is 1. The lowest BCUT2D eigenvalue weighted by Gasteiger charge is -2.16. The number of aryl methyl sites for hydroxylation is 1. The van der Waals surface area contributed by atoms with E-state index >= 15 is 0 Å². The van der Waals surface area contributed by atoms with Crippen molar-refractivity contribution in [1.29, 1.82) is 0 Å². The molecule has 4 rings (SSSR count). The van der Waals surface area contributed by atoms with Crippen LogP contribution in [0, 0.1) is 0 Å². The van der Waals surface area contributed by atoms with E-state index in [4.69, 9.17) is 11.6 Å². The van der Waals surface area contributed by atoms with Crippen LogP contribution in [0.15, 0.2) is 59.6 Å². The summed E-state index contributed by atoms with van der Waals surface area (Å²) in [5, 5.41) is 1.43. The van der Waals surface area contributed by atoms with Crippen molar-refractivity contribution in [3.8, 4) is 0 Å². The number of hydrogen-bond donors (Lipinski definition) is 1. The molecule has 4 nitrogen and oxygen atoms in total. The maximum atomic E-state index is 12.6. The van der Waals surface area contributed by atoms with Gasteiger partial charge in [0.15, 0.2) is 0 Å². The summed E-state index contributed by atoms with van der Waals surface area (Å²) < 4.78 is 30.1. The molecule has 1 fully saturated rings. The molecule has 0 aliphatic heterocycles. The van der Waals surface area contributed by atoms with Crippen LogP contribution in [0.4, 0.5) is 0 Å². The van der Waals surface area contributed by atoms with E-state index in [9.17, 15) is 8.42 Å². The Labute approximate surface area is 152 Å². The number of para-hydroxylation sites is 1. The number of hydrogen-bond acceptors (Lipinski definition) is 2. The van der Waals surface area contributed by atoms with Gasteiger partial charge in [0, 0.05) is 36.1 Å². The van der Waals surface area contributed by atoms with Gasteiger partial charge in [0.25, 0.3) is 0 Å². The molecule has 0 atom stereocenters. The molecule has 0 saturated heterocycles. The second-order valence-corrected chi connectivity index (χ2v) is 8.85. The van der Waals surface area contributed by atoms with Gasteiger partial charge in [-0.15, -0.1) is 0 Å². The highest BCUT2D eigenvalue weighted by molar-refractivity contribution is 7.89. The maximum Gasteiger partial charge on any atom is 0.242 e. The number of benzene rings is 2. The minimum Gasteiger partial charge on any atom is -0.350 e.